The van der Waals surface area contributed by atoms with Gasteiger partial charge in [0.25, 0.3) is 0 Å². The highest BCUT2D eigenvalue weighted by Gasteiger charge is 2.13. The van der Waals surface area contributed by atoms with Crippen molar-refractivity contribution in [3.63, 3.8) is 0 Å². The molecule has 0 radical (unpaired) electrons. The summed E-state index contributed by atoms with van der Waals surface area (Å²) in [5.41, 5.74) is 4.78. The van der Waals surface area contributed by atoms with Gasteiger partial charge in [0.1, 0.15) is 0 Å². The van der Waals surface area contributed by atoms with Gasteiger partial charge in [-0.2, -0.15) is 5.10 Å². The molecular weight excluding hydrogens is 359 g/mol. The lowest BCUT2D eigenvalue weighted by Gasteiger charge is -2.16. The molecule has 0 fully saturated rings. The lowest BCUT2D eigenvalue weighted by molar-refractivity contribution is 0.224. The molecule has 0 saturated carbocycles. The summed E-state index contributed by atoms with van der Waals surface area (Å²) in [4.78, 5) is 0. The third kappa shape index (κ3) is 5.83. The van der Waals surface area contributed by atoms with E-state index in [0.717, 1.165) is 11.1 Å². The number of hydrogen-bond donors (Lipinski definition) is 1. The number of nitrogens with zero attached hydrogens (tertiary/aromatic N) is 1. The molecule has 1 N–H and O–H groups in total. The van der Waals surface area contributed by atoms with Gasteiger partial charge in [0, 0.05) is 5.02 Å². The fourth-order valence-corrected chi connectivity index (χ4v) is 2.63. The van der Waals surface area contributed by atoms with Crippen LogP contribution in [0.2, 0.25) is 10.0 Å². The first-order chi connectivity index (χ1) is 12.0. The molecule has 2 rings (SSSR count). The van der Waals surface area contributed by atoms with Crippen LogP contribution in [-0.4, -0.2) is 18.9 Å². The first-order valence-corrected chi connectivity index (χ1v) is 8.89. The minimum Gasteiger partial charge on any atom is -0.490 e. The van der Waals surface area contributed by atoms with Gasteiger partial charge in [-0.25, -0.2) is 0 Å². The molecule has 0 amide bonds. The van der Waals surface area contributed by atoms with E-state index in [-0.39, 0.29) is 6.10 Å². The Labute approximate surface area is 158 Å². The zero-order chi connectivity index (χ0) is 18.2. The predicted molar refractivity (Wildman–Crippen MR) is 104 cm³/mol. The van der Waals surface area contributed by atoms with Crippen LogP contribution in [0.4, 0.5) is 0 Å². The van der Waals surface area contributed by atoms with Crippen LogP contribution >= 0.6 is 23.2 Å². The summed E-state index contributed by atoms with van der Waals surface area (Å²) >= 11 is 12.5. The van der Waals surface area contributed by atoms with Gasteiger partial charge >= 0.3 is 0 Å². The highest BCUT2D eigenvalue weighted by Crippen LogP contribution is 2.37. The molecule has 4 nitrogen and oxygen atoms in total. The molecule has 0 aliphatic heterocycles. The third-order valence-corrected chi connectivity index (χ3v) is 3.87. The SMILES string of the molecule is CCOc1cc(/C=N\NCc2ccccc2Cl)cc(Cl)c1OC(C)C. The second-order valence-electron chi connectivity index (χ2n) is 5.61. The molecule has 2 aromatic rings. The van der Waals surface area contributed by atoms with Crippen LogP contribution in [0.15, 0.2) is 41.5 Å². The number of ether oxygens (including phenoxy) is 2. The summed E-state index contributed by atoms with van der Waals surface area (Å²) < 4.78 is 11.4. The topological polar surface area (TPSA) is 42.8 Å². The Morgan fingerprint density at radius 1 is 1.16 bits per heavy atom. The highest BCUT2D eigenvalue weighted by molar-refractivity contribution is 6.32. The Hall–Kier alpha value is -1.91. The van der Waals surface area contributed by atoms with E-state index in [4.69, 9.17) is 32.7 Å². The lowest BCUT2D eigenvalue weighted by Crippen LogP contribution is -2.09. The normalized spacial score (nSPS) is 11.1. The van der Waals surface area contributed by atoms with Gasteiger partial charge in [-0.3, -0.25) is 0 Å². The number of nitrogens with one attached hydrogen (secondary N) is 1. The first-order valence-electron chi connectivity index (χ1n) is 8.13. The monoisotopic (exact) mass is 380 g/mol. The number of hydrazone groups is 1. The maximum absolute atomic E-state index is 6.34. The molecule has 25 heavy (non-hydrogen) atoms. The maximum atomic E-state index is 6.34. The molecule has 0 bridgehead atoms. The van der Waals surface area contributed by atoms with E-state index in [1.165, 1.54) is 0 Å². The lowest BCUT2D eigenvalue weighted by atomic mass is 10.2. The van der Waals surface area contributed by atoms with Crippen LogP contribution in [-0.2, 0) is 6.54 Å². The Morgan fingerprint density at radius 3 is 2.60 bits per heavy atom. The summed E-state index contributed by atoms with van der Waals surface area (Å²) in [6.45, 7) is 6.87. The van der Waals surface area contributed by atoms with E-state index in [1.54, 1.807) is 12.3 Å². The van der Waals surface area contributed by atoms with Gasteiger partial charge in [-0.1, -0.05) is 41.4 Å². The van der Waals surface area contributed by atoms with Crippen molar-refractivity contribution in [1.29, 1.82) is 0 Å². The van der Waals surface area contributed by atoms with E-state index in [0.29, 0.717) is 34.7 Å². The van der Waals surface area contributed by atoms with Crippen molar-refractivity contribution in [1.82, 2.24) is 5.43 Å². The van der Waals surface area contributed by atoms with Crippen molar-refractivity contribution >= 4 is 29.4 Å². The molecule has 0 atom stereocenters. The van der Waals surface area contributed by atoms with Crippen molar-refractivity contribution < 1.29 is 9.47 Å². The molecule has 6 heteroatoms. The summed E-state index contributed by atoms with van der Waals surface area (Å²) in [6.07, 6.45) is 1.69. The summed E-state index contributed by atoms with van der Waals surface area (Å²) in [5.74, 6) is 1.16. The molecule has 0 heterocycles. The van der Waals surface area contributed by atoms with Crippen LogP contribution < -0.4 is 14.9 Å². The van der Waals surface area contributed by atoms with Crippen LogP contribution in [0, 0.1) is 0 Å². The van der Waals surface area contributed by atoms with E-state index >= 15 is 0 Å². The van der Waals surface area contributed by atoms with Gasteiger partial charge in [-0.15, -0.1) is 0 Å². The van der Waals surface area contributed by atoms with E-state index < -0.39 is 0 Å². The van der Waals surface area contributed by atoms with Crippen LogP contribution in [0.3, 0.4) is 0 Å². The summed E-state index contributed by atoms with van der Waals surface area (Å²) in [5, 5.41) is 5.43. The zero-order valence-corrected chi connectivity index (χ0v) is 16.1. The second kappa shape index (κ2) is 9.54. The first kappa shape index (κ1) is 19.4. The van der Waals surface area contributed by atoms with Crippen LogP contribution in [0.5, 0.6) is 11.5 Å². The Bertz CT molecular complexity index is 733. The minimum absolute atomic E-state index is 0.00788. The van der Waals surface area contributed by atoms with Crippen LogP contribution in [0.1, 0.15) is 31.9 Å². The zero-order valence-electron chi connectivity index (χ0n) is 14.6. The van der Waals surface area contributed by atoms with Crippen molar-refractivity contribution in [2.24, 2.45) is 5.10 Å². The summed E-state index contributed by atoms with van der Waals surface area (Å²) in [7, 11) is 0. The van der Waals surface area contributed by atoms with E-state index in [2.05, 4.69) is 10.5 Å². The average molecular weight is 381 g/mol. The molecule has 0 aliphatic rings. The Balaban J connectivity index is 2.09. The largest absolute Gasteiger partial charge is 0.490 e. The Morgan fingerprint density at radius 2 is 1.92 bits per heavy atom. The fraction of sp³-hybridized carbons (Fsp3) is 0.316. The molecule has 134 valence electrons. The van der Waals surface area contributed by atoms with E-state index in [1.807, 2.05) is 51.1 Å². The van der Waals surface area contributed by atoms with Crippen molar-refractivity contribution in [2.75, 3.05) is 6.61 Å². The molecule has 2 aromatic carbocycles. The fourth-order valence-electron chi connectivity index (χ4n) is 2.17. The third-order valence-electron chi connectivity index (χ3n) is 3.22. The van der Waals surface area contributed by atoms with Crippen LogP contribution in [0.25, 0.3) is 0 Å². The predicted octanol–water partition coefficient (Wildman–Crippen LogP) is 5.30. The second-order valence-corrected chi connectivity index (χ2v) is 6.43. The van der Waals surface area contributed by atoms with Gasteiger partial charge < -0.3 is 14.9 Å². The Kier molecular flexibility index (Phi) is 7.41. The average Bonchev–Trinajstić information content (AvgIpc) is 2.56. The molecule has 0 saturated heterocycles. The molecular formula is C19H22Cl2N2O2. The quantitative estimate of drug-likeness (QED) is 0.498. The number of rotatable bonds is 8. The molecule has 0 aliphatic carbocycles. The van der Waals surface area contributed by atoms with Gasteiger partial charge in [0.2, 0.25) is 0 Å². The van der Waals surface area contributed by atoms with Crippen molar-refractivity contribution in [3.05, 3.63) is 57.6 Å². The molecule has 0 unspecified atom stereocenters. The minimum atomic E-state index is 0.00788. The number of hydrogen-bond acceptors (Lipinski definition) is 4. The van der Waals surface area contributed by atoms with Gasteiger partial charge in [0.15, 0.2) is 11.5 Å². The molecule has 0 aromatic heterocycles. The number of halogens is 2. The van der Waals surface area contributed by atoms with Gasteiger partial charge in [-0.05, 0) is 50.1 Å². The standard InChI is InChI=1S/C19H22Cl2N2O2/c1-4-24-18-10-14(9-17(21)19(18)25-13(2)3)11-22-23-12-15-7-5-6-8-16(15)20/h5-11,13,23H,4,12H2,1-3H3/b22-11-. The maximum Gasteiger partial charge on any atom is 0.180 e. The van der Waals surface area contributed by atoms with E-state index in [9.17, 15) is 0 Å². The highest BCUT2D eigenvalue weighted by atomic mass is 35.5. The van der Waals surface area contributed by atoms with Crippen molar-refractivity contribution in [2.45, 2.75) is 33.4 Å². The smallest absolute Gasteiger partial charge is 0.180 e. The van der Waals surface area contributed by atoms with Crippen molar-refractivity contribution in [3.8, 4) is 11.5 Å². The molecule has 0 spiro atoms. The summed E-state index contributed by atoms with van der Waals surface area (Å²) in [6, 6.07) is 11.3. The van der Waals surface area contributed by atoms with Gasteiger partial charge in [0.05, 0.1) is 30.5 Å². The number of benzene rings is 2.